The predicted octanol–water partition coefficient (Wildman–Crippen LogP) is 3.99. The van der Waals surface area contributed by atoms with E-state index in [0.29, 0.717) is 18.9 Å². The molecule has 1 aromatic carbocycles. The van der Waals surface area contributed by atoms with Gasteiger partial charge in [0, 0.05) is 60.9 Å². The Labute approximate surface area is 188 Å². The van der Waals surface area contributed by atoms with Crippen molar-refractivity contribution in [1.82, 2.24) is 19.5 Å². The number of hydroxylamine groups is 2. The summed E-state index contributed by atoms with van der Waals surface area (Å²) in [4.78, 5) is 14.6. The zero-order chi connectivity index (χ0) is 21.3. The zero-order valence-electron chi connectivity index (χ0n) is 18.0. The van der Waals surface area contributed by atoms with Gasteiger partial charge in [0.25, 0.3) is 0 Å². The number of thioether (sulfide) groups is 1. The number of hydrogen-bond acceptors (Lipinski definition) is 6. The summed E-state index contributed by atoms with van der Waals surface area (Å²) in [5.41, 5.74) is 1.87. The second kappa shape index (κ2) is 8.74. The smallest absolute Gasteiger partial charge is 0.227 e. The topological polar surface area (TPSA) is 55.3 Å². The minimum Gasteiger partial charge on any atom is -0.626 e. The molecule has 5 rings (SSSR count). The molecule has 0 amide bonds. The number of pyridine rings is 2. The number of fused-ring (bicyclic) bond motifs is 1. The summed E-state index contributed by atoms with van der Waals surface area (Å²) in [6.45, 7) is 8.61. The van der Waals surface area contributed by atoms with E-state index in [0.717, 1.165) is 61.3 Å². The number of hydrogen-bond donors (Lipinski definition) is 0. The Balaban J connectivity index is 1.49. The van der Waals surface area contributed by atoms with Crippen LogP contribution in [0.5, 0.6) is 0 Å². The van der Waals surface area contributed by atoms with E-state index >= 15 is 0 Å². The van der Waals surface area contributed by atoms with E-state index in [1.165, 1.54) is 10.8 Å². The number of nitrogens with zero attached hydrogens (tertiary/aromatic N) is 5. The van der Waals surface area contributed by atoms with Gasteiger partial charge in [0.15, 0.2) is 0 Å². The Kier molecular flexibility index (Phi) is 5.84. The molecular weight excluding hydrogens is 406 g/mol. The van der Waals surface area contributed by atoms with Crippen molar-refractivity contribution >= 4 is 34.2 Å². The molecule has 2 aliphatic heterocycles. The first-order valence-electron chi connectivity index (χ1n) is 11.2. The molecule has 2 fully saturated rings. The summed E-state index contributed by atoms with van der Waals surface area (Å²) in [7, 11) is 0. The number of likely N-dealkylation sites (N-methyl/N-ethyl adjacent to an activating group) is 1. The fourth-order valence-electron chi connectivity index (χ4n) is 4.49. The minimum atomic E-state index is -0.314. The Hall–Kier alpha value is -2.19. The quantitative estimate of drug-likeness (QED) is 0.456. The Morgan fingerprint density at radius 1 is 1.03 bits per heavy atom. The molecule has 7 heteroatoms. The summed E-state index contributed by atoms with van der Waals surface area (Å²) < 4.78 is -0.314. The van der Waals surface area contributed by atoms with Crippen molar-refractivity contribution in [2.24, 2.45) is 0 Å². The first kappa shape index (κ1) is 20.7. The molecule has 3 aromatic rings. The van der Waals surface area contributed by atoms with E-state index in [1.54, 1.807) is 0 Å². The number of anilines is 1. The second-order valence-electron chi connectivity index (χ2n) is 8.33. The number of quaternary nitrogens is 1. The van der Waals surface area contributed by atoms with Gasteiger partial charge in [-0.1, -0.05) is 31.2 Å². The SMILES string of the molecule is CCN1CCN(c2nc(-c3ccc([N+]4([O-])CCSCC4)nc3)cc3ccccc23)CC1. The molecule has 4 heterocycles. The van der Waals surface area contributed by atoms with Gasteiger partial charge >= 0.3 is 0 Å². The van der Waals surface area contributed by atoms with Gasteiger partial charge in [0.2, 0.25) is 5.82 Å². The van der Waals surface area contributed by atoms with E-state index in [9.17, 15) is 5.21 Å². The first-order chi connectivity index (χ1) is 15.2. The lowest BCUT2D eigenvalue weighted by Crippen LogP contribution is -2.49. The molecule has 0 bridgehead atoms. The van der Waals surface area contributed by atoms with Crippen LogP contribution < -0.4 is 9.55 Å². The molecule has 6 nitrogen and oxygen atoms in total. The standard InChI is InChI=1S/C24H29N5OS/c1-2-27-9-11-28(12-10-27)24-21-6-4-3-5-19(21)17-22(26-24)20-7-8-23(25-18-20)29(30)13-15-31-16-14-29/h3-8,17-18H,2,9-16H2,1H3. The summed E-state index contributed by atoms with van der Waals surface area (Å²) in [5, 5.41) is 15.5. The average Bonchev–Trinajstić information content (AvgIpc) is 2.84. The van der Waals surface area contributed by atoms with E-state index in [-0.39, 0.29) is 4.65 Å². The van der Waals surface area contributed by atoms with Crippen LogP contribution in [-0.2, 0) is 0 Å². The molecule has 0 unspecified atom stereocenters. The van der Waals surface area contributed by atoms with Crippen molar-refractivity contribution < 1.29 is 0 Å². The number of rotatable bonds is 4. The molecule has 0 aliphatic carbocycles. The van der Waals surface area contributed by atoms with Gasteiger partial charge in [-0.05, 0) is 24.1 Å². The fourth-order valence-corrected chi connectivity index (χ4v) is 5.54. The van der Waals surface area contributed by atoms with Gasteiger partial charge in [0.1, 0.15) is 5.82 Å². The van der Waals surface area contributed by atoms with Crippen molar-refractivity contribution in [3.8, 4) is 11.3 Å². The molecule has 0 saturated carbocycles. The van der Waals surface area contributed by atoms with Gasteiger partial charge in [-0.25, -0.2) is 9.97 Å². The molecule has 0 N–H and O–H groups in total. The van der Waals surface area contributed by atoms with Gasteiger partial charge in [0.05, 0.1) is 18.8 Å². The lowest BCUT2D eigenvalue weighted by Gasteiger charge is -2.43. The minimum absolute atomic E-state index is 0.314. The van der Waals surface area contributed by atoms with Gasteiger partial charge in [-0.3, -0.25) is 0 Å². The van der Waals surface area contributed by atoms with Crippen LogP contribution in [0, 0.1) is 5.21 Å². The monoisotopic (exact) mass is 435 g/mol. The maximum atomic E-state index is 13.1. The van der Waals surface area contributed by atoms with Crippen LogP contribution in [0.1, 0.15) is 6.92 Å². The maximum absolute atomic E-state index is 13.1. The normalized spacial score (nSPS) is 19.6. The number of aromatic nitrogens is 2. The van der Waals surface area contributed by atoms with Crippen molar-refractivity contribution in [3.05, 3.63) is 53.9 Å². The van der Waals surface area contributed by atoms with Crippen LogP contribution in [-0.4, -0.2) is 72.2 Å². The zero-order valence-corrected chi connectivity index (χ0v) is 18.9. The third kappa shape index (κ3) is 4.15. The first-order valence-corrected chi connectivity index (χ1v) is 12.3. The highest BCUT2D eigenvalue weighted by molar-refractivity contribution is 7.99. The molecule has 2 aromatic heterocycles. The molecule has 2 saturated heterocycles. The van der Waals surface area contributed by atoms with E-state index in [1.807, 2.05) is 30.1 Å². The van der Waals surface area contributed by atoms with Crippen molar-refractivity contribution in [2.75, 3.05) is 62.2 Å². The molecule has 2 aliphatic rings. The summed E-state index contributed by atoms with van der Waals surface area (Å²) in [6.07, 6.45) is 1.82. The number of benzene rings is 1. The maximum Gasteiger partial charge on any atom is 0.227 e. The van der Waals surface area contributed by atoms with Gasteiger partial charge in [-0.2, -0.15) is 11.8 Å². The summed E-state index contributed by atoms with van der Waals surface area (Å²) in [5.74, 6) is 3.45. The van der Waals surface area contributed by atoms with Crippen LogP contribution >= 0.6 is 11.8 Å². The average molecular weight is 436 g/mol. The molecule has 31 heavy (non-hydrogen) atoms. The van der Waals surface area contributed by atoms with Crippen LogP contribution in [0.15, 0.2) is 48.7 Å². The molecule has 0 spiro atoms. The van der Waals surface area contributed by atoms with Crippen molar-refractivity contribution in [1.29, 1.82) is 0 Å². The third-order valence-electron chi connectivity index (χ3n) is 6.49. The second-order valence-corrected chi connectivity index (χ2v) is 9.55. The molecule has 0 radical (unpaired) electrons. The third-order valence-corrected chi connectivity index (χ3v) is 7.44. The Bertz CT molecular complexity index is 1040. The number of piperazine rings is 1. The Morgan fingerprint density at radius 2 is 1.81 bits per heavy atom. The Morgan fingerprint density at radius 3 is 2.52 bits per heavy atom. The highest BCUT2D eigenvalue weighted by Crippen LogP contribution is 2.32. The highest BCUT2D eigenvalue weighted by atomic mass is 32.2. The van der Waals surface area contributed by atoms with Crippen LogP contribution in [0.2, 0.25) is 0 Å². The highest BCUT2D eigenvalue weighted by Gasteiger charge is 2.25. The van der Waals surface area contributed by atoms with Gasteiger partial charge in [-0.15, -0.1) is 0 Å². The van der Waals surface area contributed by atoms with Crippen LogP contribution in [0.25, 0.3) is 22.0 Å². The van der Waals surface area contributed by atoms with E-state index < -0.39 is 0 Å². The summed E-state index contributed by atoms with van der Waals surface area (Å²) >= 11 is 1.85. The van der Waals surface area contributed by atoms with Gasteiger partial charge < -0.3 is 19.7 Å². The molecule has 162 valence electrons. The largest absolute Gasteiger partial charge is 0.626 e. The van der Waals surface area contributed by atoms with E-state index in [4.69, 9.17) is 4.98 Å². The lowest BCUT2D eigenvalue weighted by atomic mass is 10.1. The van der Waals surface area contributed by atoms with E-state index in [2.05, 4.69) is 52.0 Å². The predicted molar refractivity (Wildman–Crippen MR) is 132 cm³/mol. The van der Waals surface area contributed by atoms with Crippen molar-refractivity contribution in [3.63, 3.8) is 0 Å². The fraction of sp³-hybridized carbons (Fsp3) is 0.417. The van der Waals surface area contributed by atoms with Crippen molar-refractivity contribution in [2.45, 2.75) is 6.92 Å². The molecule has 0 atom stereocenters. The lowest BCUT2D eigenvalue weighted by molar-refractivity contribution is 0.271. The summed E-state index contributed by atoms with van der Waals surface area (Å²) in [6, 6.07) is 14.5. The molecular formula is C24H29N5OS. The van der Waals surface area contributed by atoms with Crippen LogP contribution in [0.4, 0.5) is 11.6 Å². The van der Waals surface area contributed by atoms with Crippen LogP contribution in [0.3, 0.4) is 0 Å².